The van der Waals surface area contributed by atoms with Gasteiger partial charge in [-0.05, 0) is 69.7 Å². The van der Waals surface area contributed by atoms with E-state index in [1.54, 1.807) is 26.8 Å². The summed E-state index contributed by atoms with van der Waals surface area (Å²) in [6.07, 6.45) is 3.00. The summed E-state index contributed by atoms with van der Waals surface area (Å²) in [5.41, 5.74) is 1.01. The number of carbonyl (C=O) groups excluding carboxylic acids is 2. The number of nitrogens with one attached hydrogen (secondary N) is 1. The Morgan fingerprint density at radius 1 is 1.02 bits per heavy atom. The van der Waals surface area contributed by atoms with Crippen LogP contribution in [0.25, 0.3) is 5.78 Å². The van der Waals surface area contributed by atoms with Crippen LogP contribution in [0.5, 0.6) is 17.5 Å². The van der Waals surface area contributed by atoms with Crippen molar-refractivity contribution < 1.29 is 41.3 Å². The number of nitrogens with zero attached hydrogens (tertiary/aromatic N) is 5. The minimum atomic E-state index is -4.18. The highest BCUT2D eigenvalue weighted by Crippen LogP contribution is 2.38. The number of amides is 2. The van der Waals surface area contributed by atoms with Crippen LogP contribution >= 0.6 is 34.8 Å². The highest BCUT2D eigenvalue weighted by atomic mass is 35.5. The number of aromatic nitrogens is 4. The molecule has 1 aliphatic heterocycles. The van der Waals surface area contributed by atoms with Gasteiger partial charge >= 0.3 is 12.0 Å². The lowest BCUT2D eigenvalue weighted by Gasteiger charge is -2.18. The molecule has 19 heteroatoms. The normalized spacial score (nSPS) is 14.8. The van der Waals surface area contributed by atoms with Crippen molar-refractivity contribution in [3.05, 3.63) is 68.1 Å². The molecule has 2 fully saturated rings. The van der Waals surface area contributed by atoms with Crippen molar-refractivity contribution in [2.45, 2.75) is 57.7 Å². The van der Waals surface area contributed by atoms with Gasteiger partial charge in [-0.25, -0.2) is 14.1 Å². The Kier molecular flexibility index (Phi) is 11.0. The summed E-state index contributed by atoms with van der Waals surface area (Å²) >= 11 is 18.3. The van der Waals surface area contributed by atoms with Crippen molar-refractivity contribution in [1.82, 2.24) is 19.6 Å². The van der Waals surface area contributed by atoms with E-state index in [0.29, 0.717) is 16.0 Å². The third-order valence-electron chi connectivity index (χ3n) is 7.48. The van der Waals surface area contributed by atoms with Gasteiger partial charge in [0.1, 0.15) is 11.6 Å². The number of hydrogen-bond acceptors (Lipinski definition) is 11. The maximum absolute atomic E-state index is 14.3. The minimum Gasteiger partial charge on any atom is -0.489 e. The van der Waals surface area contributed by atoms with E-state index in [4.69, 9.17) is 53.8 Å². The van der Waals surface area contributed by atoms with E-state index in [9.17, 15) is 22.4 Å². The first kappa shape index (κ1) is 36.9. The Labute approximate surface area is 301 Å². The highest BCUT2D eigenvalue weighted by Gasteiger charge is 2.40. The monoisotopic (exact) mass is 770 g/mol. The highest BCUT2D eigenvalue weighted by molar-refractivity contribution is 7.92. The molecule has 266 valence electrons. The second-order valence-electron chi connectivity index (χ2n) is 11.2. The SMILES string of the molecule is CC(C)=C1OC(=O)N(c2cc(OC3CCCC3)c(Cl)cc2F)C1=O.COc1cc(OC)n2nc(S(=O)(=O)Nc3c(Cl)ccc(C)c3Cl)nc2n1. The van der Waals surface area contributed by atoms with Crippen LogP contribution < -0.4 is 23.8 Å². The van der Waals surface area contributed by atoms with E-state index >= 15 is 0 Å². The molecule has 0 atom stereocenters. The fourth-order valence-corrected chi connectivity index (χ4v) is 6.68. The molecule has 0 radical (unpaired) electrons. The van der Waals surface area contributed by atoms with Crippen LogP contribution in [0, 0.1) is 12.7 Å². The number of carbonyl (C=O) groups is 2. The van der Waals surface area contributed by atoms with Gasteiger partial charge in [-0.3, -0.25) is 9.52 Å². The van der Waals surface area contributed by atoms with Crippen molar-refractivity contribution in [3.63, 3.8) is 0 Å². The standard InChI is InChI=1S/C17H17ClFNO4.C14H13Cl2N5O4S/c1-9(2)15-16(21)20(17(22)24-15)13-8-14(11(18)7-12(13)19)23-10-5-3-4-6-10;1-7-4-5-8(15)12(11(7)16)20-26(22,23)14-18-13-17-9(24-2)6-10(25-3)21(13)19-14/h7-8,10H,3-6H2,1-2H3;4-6,20H,1-3H3. The van der Waals surface area contributed by atoms with E-state index < -0.39 is 33.0 Å². The van der Waals surface area contributed by atoms with Gasteiger partial charge in [0, 0.05) is 6.07 Å². The zero-order valence-electron chi connectivity index (χ0n) is 27.2. The van der Waals surface area contributed by atoms with Gasteiger partial charge < -0.3 is 18.9 Å². The van der Waals surface area contributed by atoms with Crippen molar-refractivity contribution in [2.75, 3.05) is 23.8 Å². The summed E-state index contributed by atoms with van der Waals surface area (Å²) in [6.45, 7) is 4.99. The Balaban J connectivity index is 0.000000195. The van der Waals surface area contributed by atoms with Crippen LogP contribution in [0.2, 0.25) is 15.1 Å². The fourth-order valence-electron chi connectivity index (χ4n) is 4.95. The van der Waals surface area contributed by atoms with Gasteiger partial charge in [-0.15, -0.1) is 5.10 Å². The number of cyclic esters (lactones) is 1. The van der Waals surface area contributed by atoms with Crippen molar-refractivity contribution in [1.29, 1.82) is 0 Å². The molecule has 6 rings (SSSR count). The Hall–Kier alpha value is -4.38. The summed E-state index contributed by atoms with van der Waals surface area (Å²) in [5, 5.41) is 3.84. The van der Waals surface area contributed by atoms with Gasteiger partial charge in [0.15, 0.2) is 5.76 Å². The molecule has 2 aliphatic rings. The Morgan fingerprint density at radius 3 is 2.34 bits per heavy atom. The fraction of sp³-hybridized carbons (Fsp3) is 0.323. The van der Waals surface area contributed by atoms with Gasteiger partial charge in [-0.2, -0.15) is 22.9 Å². The summed E-state index contributed by atoms with van der Waals surface area (Å²) in [6, 6.07) is 6.98. The molecule has 1 N–H and O–H groups in total. The summed E-state index contributed by atoms with van der Waals surface area (Å²) < 4.78 is 64.0. The molecule has 1 saturated heterocycles. The molecular weight excluding hydrogens is 742 g/mol. The molecule has 3 heterocycles. The number of allylic oxidation sites excluding steroid dienone is 1. The second kappa shape index (κ2) is 14.8. The van der Waals surface area contributed by atoms with Crippen LogP contribution in [0.1, 0.15) is 45.1 Å². The molecule has 14 nitrogen and oxygen atoms in total. The lowest BCUT2D eigenvalue weighted by molar-refractivity contribution is -0.114. The predicted molar refractivity (Wildman–Crippen MR) is 183 cm³/mol. The number of halogens is 4. The van der Waals surface area contributed by atoms with E-state index in [-0.39, 0.29) is 61.6 Å². The molecule has 1 aliphatic carbocycles. The maximum Gasteiger partial charge on any atom is 0.427 e. The zero-order valence-corrected chi connectivity index (χ0v) is 30.3. The number of methoxy groups -OCH3 is 2. The lowest BCUT2D eigenvalue weighted by atomic mass is 10.2. The number of aryl methyl sites for hydroxylation is 1. The predicted octanol–water partition coefficient (Wildman–Crippen LogP) is 7.14. The third-order valence-corrected chi connectivity index (χ3v) is 9.70. The van der Waals surface area contributed by atoms with E-state index in [1.165, 1.54) is 32.4 Å². The number of hydrogen-bond donors (Lipinski definition) is 1. The number of ether oxygens (including phenoxy) is 4. The average molecular weight is 772 g/mol. The van der Waals surface area contributed by atoms with Crippen LogP contribution in [-0.4, -0.2) is 60.3 Å². The largest absolute Gasteiger partial charge is 0.489 e. The van der Waals surface area contributed by atoms with Crippen LogP contribution in [0.3, 0.4) is 0 Å². The molecule has 50 heavy (non-hydrogen) atoms. The summed E-state index contributed by atoms with van der Waals surface area (Å²) in [4.78, 5) is 33.0. The molecule has 0 unspecified atom stereocenters. The molecule has 2 amide bonds. The van der Waals surface area contributed by atoms with E-state index in [1.807, 2.05) is 0 Å². The number of sulfonamides is 1. The zero-order chi connectivity index (χ0) is 36.5. The topological polar surface area (TPSA) is 164 Å². The van der Waals surface area contributed by atoms with Crippen LogP contribution in [0.4, 0.5) is 20.6 Å². The van der Waals surface area contributed by atoms with Crippen LogP contribution in [-0.2, 0) is 19.6 Å². The quantitative estimate of drug-likeness (QED) is 0.181. The van der Waals surface area contributed by atoms with E-state index in [2.05, 4.69) is 19.8 Å². The summed E-state index contributed by atoms with van der Waals surface area (Å²) in [5.74, 6) is -0.940. The molecule has 0 bridgehead atoms. The number of fused-ring (bicyclic) bond motifs is 1. The molecule has 4 aromatic rings. The molecular formula is C31H30Cl3FN6O8S. The first-order chi connectivity index (χ1) is 23.6. The molecule has 2 aromatic heterocycles. The smallest absolute Gasteiger partial charge is 0.427 e. The number of anilines is 2. The van der Waals surface area contributed by atoms with Crippen molar-refractivity contribution >= 4 is 74.0 Å². The van der Waals surface area contributed by atoms with Crippen LogP contribution in [0.15, 0.2) is 46.8 Å². The van der Waals surface area contributed by atoms with E-state index in [0.717, 1.165) is 36.3 Å². The van der Waals surface area contributed by atoms with Gasteiger partial charge in [0.2, 0.25) is 11.8 Å². The third kappa shape index (κ3) is 7.52. The lowest BCUT2D eigenvalue weighted by Crippen LogP contribution is -2.29. The summed E-state index contributed by atoms with van der Waals surface area (Å²) in [7, 11) is -1.37. The van der Waals surface area contributed by atoms with Gasteiger partial charge in [0.05, 0.1) is 52.8 Å². The average Bonchev–Trinajstić information content (AvgIpc) is 3.82. The Bertz CT molecular complexity index is 2140. The maximum atomic E-state index is 14.3. The molecule has 0 spiro atoms. The number of imide groups is 1. The Morgan fingerprint density at radius 2 is 1.72 bits per heavy atom. The van der Waals surface area contributed by atoms with Crippen molar-refractivity contribution in [2.24, 2.45) is 0 Å². The first-order valence-corrected chi connectivity index (χ1v) is 17.5. The second-order valence-corrected chi connectivity index (χ2v) is 14.0. The minimum absolute atomic E-state index is 0.00962. The van der Waals surface area contributed by atoms with Crippen molar-refractivity contribution in [3.8, 4) is 17.5 Å². The van der Waals surface area contributed by atoms with Gasteiger partial charge in [-0.1, -0.05) is 40.9 Å². The molecule has 1 saturated carbocycles. The van der Waals surface area contributed by atoms with Gasteiger partial charge in [0.25, 0.3) is 21.0 Å². The number of rotatable bonds is 8. The first-order valence-electron chi connectivity index (χ1n) is 14.9. The number of benzene rings is 2. The molecule has 2 aromatic carbocycles.